The Morgan fingerprint density at radius 3 is 2.62 bits per heavy atom. The number of nitrogens with zero attached hydrogens (tertiary/aromatic N) is 1. The van der Waals surface area contributed by atoms with Gasteiger partial charge in [-0.2, -0.15) is 0 Å². The SMILES string of the molecule is Cc1ccccc1C(=O)NCCC(=O)NC(C)c1nc2ccccc2[nH]1. The van der Waals surface area contributed by atoms with Gasteiger partial charge >= 0.3 is 0 Å². The van der Waals surface area contributed by atoms with Gasteiger partial charge in [0.25, 0.3) is 5.91 Å². The number of rotatable bonds is 6. The third kappa shape index (κ3) is 4.08. The van der Waals surface area contributed by atoms with E-state index in [2.05, 4.69) is 20.6 Å². The fraction of sp³-hybridized carbons (Fsp3) is 0.250. The van der Waals surface area contributed by atoms with Gasteiger partial charge in [0, 0.05) is 18.5 Å². The molecule has 3 aromatic rings. The molecular weight excluding hydrogens is 328 g/mol. The standard InChI is InChI=1S/C20H22N4O2/c1-13-7-3-4-8-15(13)20(26)21-12-11-18(25)22-14(2)19-23-16-9-5-6-10-17(16)24-19/h3-10,14H,11-12H2,1-2H3,(H,21,26)(H,22,25)(H,23,24). The molecule has 0 radical (unpaired) electrons. The molecule has 2 aromatic carbocycles. The number of aryl methyl sites for hydroxylation is 1. The summed E-state index contributed by atoms with van der Waals surface area (Å²) in [7, 11) is 0. The molecule has 0 saturated heterocycles. The Morgan fingerprint density at radius 1 is 1.12 bits per heavy atom. The smallest absolute Gasteiger partial charge is 0.251 e. The van der Waals surface area contributed by atoms with Crippen LogP contribution in [0.2, 0.25) is 0 Å². The predicted octanol–water partition coefficient (Wildman–Crippen LogP) is 2.87. The van der Waals surface area contributed by atoms with Crippen molar-refractivity contribution in [3.63, 3.8) is 0 Å². The Kier molecular flexibility index (Phi) is 5.31. The van der Waals surface area contributed by atoms with Crippen molar-refractivity contribution in [2.75, 3.05) is 6.54 Å². The van der Waals surface area contributed by atoms with Crippen LogP contribution in [0.5, 0.6) is 0 Å². The van der Waals surface area contributed by atoms with Gasteiger partial charge in [-0.1, -0.05) is 30.3 Å². The first-order valence-corrected chi connectivity index (χ1v) is 8.62. The van der Waals surface area contributed by atoms with Crippen LogP contribution in [0.25, 0.3) is 11.0 Å². The summed E-state index contributed by atoms with van der Waals surface area (Å²) in [4.78, 5) is 31.9. The fourth-order valence-electron chi connectivity index (χ4n) is 2.77. The zero-order valence-electron chi connectivity index (χ0n) is 14.9. The number of hydrogen-bond acceptors (Lipinski definition) is 3. The van der Waals surface area contributed by atoms with Crippen LogP contribution in [0.15, 0.2) is 48.5 Å². The number of amides is 2. The van der Waals surface area contributed by atoms with Gasteiger partial charge in [-0.15, -0.1) is 0 Å². The zero-order chi connectivity index (χ0) is 18.5. The Morgan fingerprint density at radius 2 is 1.85 bits per heavy atom. The van der Waals surface area contributed by atoms with E-state index in [0.29, 0.717) is 11.4 Å². The molecule has 2 amide bonds. The molecule has 134 valence electrons. The molecule has 0 aliphatic rings. The monoisotopic (exact) mass is 350 g/mol. The largest absolute Gasteiger partial charge is 0.352 e. The van der Waals surface area contributed by atoms with E-state index in [4.69, 9.17) is 0 Å². The molecule has 1 atom stereocenters. The van der Waals surface area contributed by atoms with Crippen LogP contribution in [-0.4, -0.2) is 28.3 Å². The first-order chi connectivity index (χ1) is 12.5. The number of para-hydroxylation sites is 2. The van der Waals surface area contributed by atoms with Gasteiger partial charge in [0.2, 0.25) is 5.91 Å². The summed E-state index contributed by atoms with van der Waals surface area (Å²) in [5, 5.41) is 5.68. The molecule has 26 heavy (non-hydrogen) atoms. The molecule has 1 unspecified atom stereocenters. The summed E-state index contributed by atoms with van der Waals surface area (Å²) in [5.41, 5.74) is 3.35. The quantitative estimate of drug-likeness (QED) is 0.639. The Hall–Kier alpha value is -3.15. The zero-order valence-corrected chi connectivity index (χ0v) is 14.9. The molecule has 0 spiro atoms. The first kappa shape index (κ1) is 17.7. The Balaban J connectivity index is 1.49. The normalized spacial score (nSPS) is 11.9. The van der Waals surface area contributed by atoms with Gasteiger partial charge < -0.3 is 15.6 Å². The first-order valence-electron chi connectivity index (χ1n) is 8.62. The van der Waals surface area contributed by atoms with Crippen molar-refractivity contribution in [3.05, 3.63) is 65.5 Å². The molecular formula is C20H22N4O2. The van der Waals surface area contributed by atoms with Gasteiger partial charge in [-0.05, 0) is 37.6 Å². The predicted molar refractivity (Wildman–Crippen MR) is 101 cm³/mol. The number of imidazole rings is 1. The molecule has 6 heteroatoms. The second-order valence-electron chi connectivity index (χ2n) is 6.25. The molecule has 0 aliphatic heterocycles. The number of hydrogen-bond donors (Lipinski definition) is 3. The van der Waals surface area contributed by atoms with Crippen LogP contribution in [-0.2, 0) is 4.79 Å². The van der Waals surface area contributed by atoms with Crippen LogP contribution in [0.3, 0.4) is 0 Å². The Labute approximate surface area is 152 Å². The lowest BCUT2D eigenvalue weighted by Gasteiger charge is -2.12. The summed E-state index contributed by atoms with van der Waals surface area (Å²) >= 11 is 0. The average Bonchev–Trinajstić information content (AvgIpc) is 3.06. The van der Waals surface area contributed by atoms with Gasteiger partial charge in [0.15, 0.2) is 0 Å². The number of aromatic nitrogens is 2. The molecule has 6 nitrogen and oxygen atoms in total. The van der Waals surface area contributed by atoms with Crippen molar-refractivity contribution < 1.29 is 9.59 Å². The highest BCUT2D eigenvalue weighted by Crippen LogP contribution is 2.15. The highest BCUT2D eigenvalue weighted by molar-refractivity contribution is 5.95. The maximum absolute atomic E-state index is 12.1. The van der Waals surface area contributed by atoms with Crippen molar-refractivity contribution in [1.82, 2.24) is 20.6 Å². The molecule has 1 heterocycles. The molecule has 0 saturated carbocycles. The average molecular weight is 350 g/mol. The summed E-state index contributed by atoms with van der Waals surface area (Å²) in [6.45, 7) is 4.05. The van der Waals surface area contributed by atoms with Crippen molar-refractivity contribution in [1.29, 1.82) is 0 Å². The number of carbonyl (C=O) groups is 2. The van der Waals surface area contributed by atoms with E-state index in [1.165, 1.54) is 0 Å². The summed E-state index contributed by atoms with van der Waals surface area (Å²) < 4.78 is 0. The molecule has 0 aliphatic carbocycles. The number of nitrogens with one attached hydrogen (secondary N) is 3. The van der Waals surface area contributed by atoms with Crippen LogP contribution in [0, 0.1) is 6.92 Å². The minimum Gasteiger partial charge on any atom is -0.352 e. The molecule has 0 bridgehead atoms. The second-order valence-corrected chi connectivity index (χ2v) is 6.25. The van der Waals surface area contributed by atoms with Gasteiger partial charge in [-0.25, -0.2) is 4.98 Å². The lowest BCUT2D eigenvalue weighted by molar-refractivity contribution is -0.121. The van der Waals surface area contributed by atoms with Crippen molar-refractivity contribution in [2.24, 2.45) is 0 Å². The van der Waals surface area contributed by atoms with E-state index < -0.39 is 0 Å². The van der Waals surface area contributed by atoms with Crippen molar-refractivity contribution in [3.8, 4) is 0 Å². The third-order valence-electron chi connectivity index (χ3n) is 4.22. The second kappa shape index (κ2) is 7.82. The molecule has 1 aromatic heterocycles. The van der Waals surface area contributed by atoms with Crippen LogP contribution in [0.4, 0.5) is 0 Å². The highest BCUT2D eigenvalue weighted by Gasteiger charge is 2.14. The lowest BCUT2D eigenvalue weighted by atomic mass is 10.1. The summed E-state index contributed by atoms with van der Waals surface area (Å²) in [6.07, 6.45) is 0.211. The Bertz CT molecular complexity index is 899. The topological polar surface area (TPSA) is 86.9 Å². The summed E-state index contributed by atoms with van der Waals surface area (Å²) in [5.74, 6) is 0.410. The van der Waals surface area contributed by atoms with Gasteiger partial charge in [0.1, 0.15) is 5.82 Å². The lowest BCUT2D eigenvalue weighted by Crippen LogP contribution is -2.32. The number of H-pyrrole nitrogens is 1. The minimum absolute atomic E-state index is 0.136. The number of aromatic amines is 1. The van der Waals surface area contributed by atoms with E-state index in [0.717, 1.165) is 16.6 Å². The maximum Gasteiger partial charge on any atom is 0.251 e. The van der Waals surface area contributed by atoms with E-state index in [-0.39, 0.29) is 30.8 Å². The van der Waals surface area contributed by atoms with Crippen LogP contribution < -0.4 is 10.6 Å². The number of benzene rings is 2. The van der Waals surface area contributed by atoms with Crippen LogP contribution in [0.1, 0.15) is 41.1 Å². The molecule has 3 rings (SSSR count). The molecule has 0 fully saturated rings. The third-order valence-corrected chi connectivity index (χ3v) is 4.22. The van der Waals surface area contributed by atoms with Crippen molar-refractivity contribution in [2.45, 2.75) is 26.3 Å². The maximum atomic E-state index is 12.1. The van der Waals surface area contributed by atoms with E-state index >= 15 is 0 Å². The van der Waals surface area contributed by atoms with Crippen LogP contribution >= 0.6 is 0 Å². The number of fused-ring (bicyclic) bond motifs is 1. The van der Waals surface area contributed by atoms with E-state index in [9.17, 15) is 9.59 Å². The fourth-order valence-corrected chi connectivity index (χ4v) is 2.77. The highest BCUT2D eigenvalue weighted by atomic mass is 16.2. The minimum atomic E-state index is -0.234. The van der Waals surface area contributed by atoms with E-state index in [1.807, 2.05) is 56.3 Å². The van der Waals surface area contributed by atoms with E-state index in [1.54, 1.807) is 6.07 Å². The summed E-state index contributed by atoms with van der Waals surface area (Å²) in [6, 6.07) is 14.9. The number of carbonyl (C=O) groups excluding carboxylic acids is 2. The molecule has 3 N–H and O–H groups in total. The van der Waals surface area contributed by atoms with Gasteiger partial charge in [0.05, 0.1) is 17.1 Å². The van der Waals surface area contributed by atoms with Crippen molar-refractivity contribution >= 4 is 22.8 Å². The van der Waals surface area contributed by atoms with Gasteiger partial charge in [-0.3, -0.25) is 9.59 Å².